The molecule has 1 saturated heterocycles. The van der Waals surface area contributed by atoms with Gasteiger partial charge in [0.15, 0.2) is 0 Å². The second-order valence-electron chi connectivity index (χ2n) is 5.18. The standard InChI is InChI=1S/C13H19N3O3S/c1-9-5-11(14)7-12(6-9)20(18,19)16-4-2-3-10(8-16)13(15)17/h5-7,10H,2-4,8,14H2,1H3,(H2,15,17). The van der Waals surface area contributed by atoms with Crippen molar-refractivity contribution in [3.63, 3.8) is 0 Å². The van der Waals surface area contributed by atoms with Crippen molar-refractivity contribution in [3.8, 4) is 0 Å². The van der Waals surface area contributed by atoms with E-state index in [4.69, 9.17) is 11.5 Å². The average molecular weight is 297 g/mol. The van der Waals surface area contributed by atoms with Gasteiger partial charge >= 0.3 is 0 Å². The second-order valence-corrected chi connectivity index (χ2v) is 7.12. The van der Waals surface area contributed by atoms with Crippen LogP contribution < -0.4 is 11.5 Å². The number of nitrogens with zero attached hydrogens (tertiary/aromatic N) is 1. The van der Waals surface area contributed by atoms with Crippen LogP contribution in [0.1, 0.15) is 18.4 Å². The lowest BCUT2D eigenvalue weighted by atomic mass is 9.99. The fourth-order valence-corrected chi connectivity index (χ4v) is 4.13. The maximum Gasteiger partial charge on any atom is 0.243 e. The van der Waals surface area contributed by atoms with Crippen LogP contribution in [-0.2, 0) is 14.8 Å². The lowest BCUT2D eigenvalue weighted by molar-refractivity contribution is -0.122. The van der Waals surface area contributed by atoms with E-state index >= 15 is 0 Å². The second kappa shape index (κ2) is 5.41. The molecule has 0 spiro atoms. The first-order valence-corrected chi connectivity index (χ1v) is 7.91. The van der Waals surface area contributed by atoms with Gasteiger partial charge in [-0.05, 0) is 43.5 Å². The van der Waals surface area contributed by atoms with E-state index in [1.165, 1.54) is 10.4 Å². The van der Waals surface area contributed by atoms with Crippen molar-refractivity contribution in [2.24, 2.45) is 11.7 Å². The zero-order chi connectivity index (χ0) is 14.9. The highest BCUT2D eigenvalue weighted by Gasteiger charge is 2.32. The third kappa shape index (κ3) is 2.94. The molecule has 1 heterocycles. The number of amides is 1. The number of hydrogen-bond acceptors (Lipinski definition) is 4. The maximum atomic E-state index is 12.6. The van der Waals surface area contributed by atoms with Crippen molar-refractivity contribution >= 4 is 21.6 Å². The number of nitrogen functional groups attached to an aromatic ring is 1. The predicted octanol–water partition coefficient (Wildman–Crippen LogP) is 0.463. The zero-order valence-corrected chi connectivity index (χ0v) is 12.2. The number of carbonyl (C=O) groups excluding carboxylic acids is 1. The molecule has 20 heavy (non-hydrogen) atoms. The van der Waals surface area contributed by atoms with Gasteiger partial charge in [-0.1, -0.05) is 0 Å². The third-order valence-corrected chi connectivity index (χ3v) is 5.34. The van der Waals surface area contributed by atoms with Crippen LogP contribution in [-0.4, -0.2) is 31.7 Å². The number of aryl methyl sites for hydroxylation is 1. The Morgan fingerprint density at radius 3 is 2.65 bits per heavy atom. The summed E-state index contributed by atoms with van der Waals surface area (Å²) in [4.78, 5) is 11.4. The molecule has 0 bridgehead atoms. The van der Waals surface area contributed by atoms with Crippen LogP contribution >= 0.6 is 0 Å². The van der Waals surface area contributed by atoms with Gasteiger partial charge in [-0.2, -0.15) is 4.31 Å². The summed E-state index contributed by atoms with van der Waals surface area (Å²) in [6.45, 7) is 2.34. The van der Waals surface area contributed by atoms with Crippen LogP contribution in [0.5, 0.6) is 0 Å². The Balaban J connectivity index is 2.32. The van der Waals surface area contributed by atoms with Crippen molar-refractivity contribution in [1.82, 2.24) is 4.31 Å². The van der Waals surface area contributed by atoms with Crippen LogP contribution in [0.15, 0.2) is 23.1 Å². The monoisotopic (exact) mass is 297 g/mol. The first-order chi connectivity index (χ1) is 9.30. The minimum absolute atomic E-state index is 0.144. The number of carbonyl (C=O) groups is 1. The van der Waals surface area contributed by atoms with Crippen LogP contribution in [0.2, 0.25) is 0 Å². The van der Waals surface area contributed by atoms with E-state index < -0.39 is 21.8 Å². The highest BCUT2D eigenvalue weighted by Crippen LogP contribution is 2.25. The summed E-state index contributed by atoms with van der Waals surface area (Å²) in [7, 11) is -3.63. The Morgan fingerprint density at radius 2 is 2.05 bits per heavy atom. The van der Waals surface area contributed by atoms with Gasteiger partial charge in [0, 0.05) is 18.8 Å². The van der Waals surface area contributed by atoms with Gasteiger partial charge in [0.25, 0.3) is 0 Å². The summed E-state index contributed by atoms with van der Waals surface area (Å²) in [6, 6.07) is 4.73. The fourth-order valence-electron chi connectivity index (χ4n) is 2.47. The van der Waals surface area contributed by atoms with Gasteiger partial charge in [-0.25, -0.2) is 8.42 Å². The largest absolute Gasteiger partial charge is 0.399 e. The molecule has 1 fully saturated rings. The predicted molar refractivity (Wildman–Crippen MR) is 76.3 cm³/mol. The molecule has 6 nitrogen and oxygen atoms in total. The molecule has 110 valence electrons. The van der Waals surface area contributed by atoms with Gasteiger partial charge in [0.05, 0.1) is 10.8 Å². The number of hydrogen-bond donors (Lipinski definition) is 2. The van der Waals surface area contributed by atoms with E-state index in [1.807, 2.05) is 0 Å². The summed E-state index contributed by atoms with van der Waals surface area (Å²) in [6.07, 6.45) is 1.27. The van der Waals surface area contributed by atoms with Gasteiger partial charge in [-0.3, -0.25) is 4.79 Å². The maximum absolute atomic E-state index is 12.6. The molecular weight excluding hydrogens is 278 g/mol. The van der Waals surface area contributed by atoms with E-state index in [0.717, 1.165) is 5.56 Å². The molecule has 1 atom stereocenters. The highest BCUT2D eigenvalue weighted by atomic mass is 32.2. The van der Waals surface area contributed by atoms with Crippen LogP contribution in [0, 0.1) is 12.8 Å². The molecule has 2 rings (SSSR count). The summed E-state index contributed by atoms with van der Waals surface area (Å²) in [5.74, 6) is -0.866. The number of rotatable bonds is 3. The highest BCUT2D eigenvalue weighted by molar-refractivity contribution is 7.89. The van der Waals surface area contributed by atoms with Crippen molar-refractivity contribution in [1.29, 1.82) is 0 Å². The molecule has 1 aromatic carbocycles. The Morgan fingerprint density at radius 1 is 1.35 bits per heavy atom. The number of primary amides is 1. The average Bonchev–Trinajstić information content (AvgIpc) is 2.37. The molecule has 1 aliphatic heterocycles. The Kier molecular flexibility index (Phi) is 4.01. The minimum atomic E-state index is -3.63. The van der Waals surface area contributed by atoms with E-state index in [0.29, 0.717) is 25.1 Å². The lowest BCUT2D eigenvalue weighted by Gasteiger charge is -2.30. The number of nitrogens with two attached hydrogens (primary N) is 2. The van der Waals surface area contributed by atoms with Crippen molar-refractivity contribution < 1.29 is 13.2 Å². The van der Waals surface area contributed by atoms with Crippen LogP contribution in [0.3, 0.4) is 0 Å². The zero-order valence-electron chi connectivity index (χ0n) is 11.4. The van der Waals surface area contributed by atoms with E-state index in [-0.39, 0.29) is 11.4 Å². The lowest BCUT2D eigenvalue weighted by Crippen LogP contribution is -2.44. The Hall–Kier alpha value is -1.60. The van der Waals surface area contributed by atoms with Gasteiger partial charge < -0.3 is 11.5 Å². The van der Waals surface area contributed by atoms with Gasteiger partial charge in [0.2, 0.25) is 15.9 Å². The van der Waals surface area contributed by atoms with Crippen LogP contribution in [0.4, 0.5) is 5.69 Å². The fraction of sp³-hybridized carbons (Fsp3) is 0.462. The molecule has 1 amide bonds. The molecule has 1 aliphatic rings. The molecule has 0 aliphatic carbocycles. The summed E-state index contributed by atoms with van der Waals surface area (Å²) in [5, 5.41) is 0. The normalized spacial score (nSPS) is 20.8. The molecule has 0 aromatic heterocycles. The quantitative estimate of drug-likeness (QED) is 0.790. The number of anilines is 1. The molecule has 0 saturated carbocycles. The molecule has 7 heteroatoms. The third-order valence-electron chi connectivity index (χ3n) is 3.50. The SMILES string of the molecule is Cc1cc(N)cc(S(=O)(=O)N2CCCC(C(N)=O)C2)c1. The molecule has 1 unspecified atom stereocenters. The molecule has 0 radical (unpaired) electrons. The first kappa shape index (κ1) is 14.8. The summed E-state index contributed by atoms with van der Waals surface area (Å²) >= 11 is 0. The summed E-state index contributed by atoms with van der Waals surface area (Å²) in [5.41, 5.74) is 12.2. The smallest absolute Gasteiger partial charge is 0.243 e. The van der Waals surface area contributed by atoms with Crippen LogP contribution in [0.25, 0.3) is 0 Å². The van der Waals surface area contributed by atoms with Crippen molar-refractivity contribution in [3.05, 3.63) is 23.8 Å². The van der Waals surface area contributed by atoms with Gasteiger partial charge in [-0.15, -0.1) is 0 Å². The number of benzene rings is 1. The Bertz CT molecular complexity index is 607. The minimum Gasteiger partial charge on any atom is -0.399 e. The van der Waals surface area contributed by atoms with E-state index in [1.54, 1.807) is 19.1 Å². The van der Waals surface area contributed by atoms with E-state index in [2.05, 4.69) is 0 Å². The molecule has 1 aromatic rings. The van der Waals surface area contributed by atoms with Gasteiger partial charge in [0.1, 0.15) is 0 Å². The van der Waals surface area contributed by atoms with E-state index in [9.17, 15) is 13.2 Å². The van der Waals surface area contributed by atoms with Crippen molar-refractivity contribution in [2.45, 2.75) is 24.7 Å². The first-order valence-electron chi connectivity index (χ1n) is 6.47. The Labute approximate surface area is 118 Å². The number of piperidine rings is 1. The van der Waals surface area contributed by atoms with Crippen molar-refractivity contribution in [2.75, 3.05) is 18.8 Å². The number of sulfonamides is 1. The molecule has 4 N–H and O–H groups in total. The topological polar surface area (TPSA) is 106 Å². The summed E-state index contributed by atoms with van der Waals surface area (Å²) < 4.78 is 26.5. The molecular formula is C13H19N3O3S.